The van der Waals surface area contributed by atoms with Gasteiger partial charge in [0.15, 0.2) is 5.78 Å². The highest BCUT2D eigenvalue weighted by molar-refractivity contribution is 7.09. The highest BCUT2D eigenvalue weighted by Crippen LogP contribution is 2.21. The minimum absolute atomic E-state index is 0.110. The van der Waals surface area contributed by atoms with Crippen molar-refractivity contribution in [1.82, 2.24) is 4.90 Å². The summed E-state index contributed by atoms with van der Waals surface area (Å²) in [6, 6.07) is 11.8. The fourth-order valence-corrected chi connectivity index (χ4v) is 3.13. The molecule has 1 aromatic carbocycles. The molecule has 2 heterocycles. The molecule has 0 aliphatic rings. The largest absolute Gasteiger partial charge is 0.464 e. The van der Waals surface area contributed by atoms with Gasteiger partial charge in [0.2, 0.25) is 0 Å². The first kappa shape index (κ1) is 14.0. The van der Waals surface area contributed by atoms with Crippen LogP contribution in [-0.4, -0.2) is 23.8 Å². The molecular weight excluding hydrogens is 282 g/mol. The third-order valence-electron chi connectivity index (χ3n) is 3.56. The number of fused-ring (bicyclic) bond motifs is 1. The number of thiophene rings is 1. The number of para-hydroxylation sites is 1. The molecule has 3 nitrogen and oxygen atoms in total. The Morgan fingerprint density at radius 2 is 2.10 bits per heavy atom. The van der Waals surface area contributed by atoms with Gasteiger partial charge in [0, 0.05) is 16.8 Å². The quantitative estimate of drug-likeness (QED) is 0.640. The van der Waals surface area contributed by atoms with Gasteiger partial charge in [-0.3, -0.25) is 9.69 Å². The van der Waals surface area contributed by atoms with Gasteiger partial charge in [-0.1, -0.05) is 31.2 Å². The zero-order valence-electron chi connectivity index (χ0n) is 11.9. The van der Waals surface area contributed by atoms with Crippen molar-refractivity contribution in [1.29, 1.82) is 0 Å². The number of carbonyl (C=O) groups excluding carboxylic acids is 1. The van der Waals surface area contributed by atoms with Crippen LogP contribution in [-0.2, 0) is 6.54 Å². The summed E-state index contributed by atoms with van der Waals surface area (Å²) in [6.45, 7) is 4.15. The molecular formula is C17H17NO2S. The van der Waals surface area contributed by atoms with E-state index in [4.69, 9.17) is 4.42 Å². The van der Waals surface area contributed by atoms with Crippen LogP contribution in [0.15, 0.2) is 52.5 Å². The summed E-state index contributed by atoms with van der Waals surface area (Å²) in [5, 5.41) is 2.96. The summed E-state index contributed by atoms with van der Waals surface area (Å²) < 4.78 is 5.45. The molecule has 0 saturated heterocycles. The molecule has 4 heteroatoms. The van der Waals surface area contributed by atoms with E-state index in [0.717, 1.165) is 24.1 Å². The summed E-state index contributed by atoms with van der Waals surface area (Å²) >= 11 is 1.72. The minimum atomic E-state index is 0.110. The highest BCUT2D eigenvalue weighted by atomic mass is 32.1. The number of furan rings is 1. The van der Waals surface area contributed by atoms with Gasteiger partial charge in [-0.05, 0) is 24.1 Å². The maximum Gasteiger partial charge on any atom is 0.180 e. The standard InChI is InChI=1S/C17H17NO2S/c1-2-18(10-13-6-5-9-21-13)11-16(19)15-12-20-17-8-4-3-7-14(15)17/h3-9,12H,2,10-11H2,1H3. The van der Waals surface area contributed by atoms with Gasteiger partial charge in [-0.15, -0.1) is 11.3 Å². The SMILES string of the molecule is CCN(CC(=O)c1coc2ccccc12)Cc1cccs1. The minimum Gasteiger partial charge on any atom is -0.464 e. The van der Waals surface area contributed by atoms with Crippen LogP contribution in [0.2, 0.25) is 0 Å². The number of nitrogens with zero attached hydrogens (tertiary/aromatic N) is 1. The van der Waals surface area contributed by atoms with E-state index in [1.807, 2.05) is 30.3 Å². The van der Waals surface area contributed by atoms with E-state index in [-0.39, 0.29) is 5.78 Å². The van der Waals surface area contributed by atoms with Crippen molar-refractivity contribution in [3.63, 3.8) is 0 Å². The molecule has 0 radical (unpaired) electrons. The first-order valence-electron chi connectivity index (χ1n) is 7.02. The monoisotopic (exact) mass is 299 g/mol. The number of rotatable bonds is 6. The van der Waals surface area contributed by atoms with Gasteiger partial charge in [-0.25, -0.2) is 0 Å². The Labute approximate surface area is 127 Å². The van der Waals surface area contributed by atoms with Crippen LogP contribution < -0.4 is 0 Å². The third kappa shape index (κ3) is 3.06. The van der Waals surface area contributed by atoms with Gasteiger partial charge < -0.3 is 4.42 Å². The Kier molecular flexibility index (Phi) is 4.18. The molecule has 0 atom stereocenters. The predicted octanol–water partition coefficient (Wildman–Crippen LogP) is 4.20. The van der Waals surface area contributed by atoms with Crippen LogP contribution in [0.3, 0.4) is 0 Å². The number of hydrogen-bond acceptors (Lipinski definition) is 4. The lowest BCUT2D eigenvalue weighted by Gasteiger charge is -2.18. The first-order valence-corrected chi connectivity index (χ1v) is 7.90. The van der Waals surface area contributed by atoms with Crippen molar-refractivity contribution in [2.75, 3.05) is 13.1 Å². The van der Waals surface area contributed by atoms with Gasteiger partial charge in [0.05, 0.1) is 12.1 Å². The zero-order valence-corrected chi connectivity index (χ0v) is 12.7. The second-order valence-corrected chi connectivity index (χ2v) is 5.98. The van der Waals surface area contributed by atoms with Gasteiger partial charge in [0.25, 0.3) is 0 Å². The Morgan fingerprint density at radius 3 is 2.86 bits per heavy atom. The normalized spacial score (nSPS) is 11.3. The van der Waals surface area contributed by atoms with E-state index >= 15 is 0 Å². The van der Waals surface area contributed by atoms with Crippen LogP contribution in [0.4, 0.5) is 0 Å². The van der Waals surface area contributed by atoms with E-state index < -0.39 is 0 Å². The Hall–Kier alpha value is -1.91. The van der Waals surface area contributed by atoms with Crippen LogP contribution in [0.5, 0.6) is 0 Å². The molecule has 2 aromatic heterocycles. The highest BCUT2D eigenvalue weighted by Gasteiger charge is 2.16. The maximum absolute atomic E-state index is 12.5. The average Bonchev–Trinajstić information content (AvgIpc) is 3.15. The molecule has 3 rings (SSSR count). The van der Waals surface area contributed by atoms with E-state index in [1.54, 1.807) is 17.6 Å². The van der Waals surface area contributed by atoms with Crippen LogP contribution in [0, 0.1) is 0 Å². The Morgan fingerprint density at radius 1 is 1.24 bits per heavy atom. The molecule has 0 fully saturated rings. The summed E-state index contributed by atoms with van der Waals surface area (Å²) in [5.41, 5.74) is 1.44. The number of hydrogen-bond donors (Lipinski definition) is 0. The van der Waals surface area contributed by atoms with E-state index in [9.17, 15) is 4.79 Å². The fourth-order valence-electron chi connectivity index (χ4n) is 2.38. The molecule has 21 heavy (non-hydrogen) atoms. The number of carbonyl (C=O) groups is 1. The fraction of sp³-hybridized carbons (Fsp3) is 0.235. The molecule has 0 spiro atoms. The first-order chi connectivity index (χ1) is 10.3. The van der Waals surface area contributed by atoms with E-state index in [1.165, 1.54) is 4.88 Å². The molecule has 0 aliphatic heterocycles. The average molecular weight is 299 g/mol. The van der Waals surface area contributed by atoms with Crippen molar-refractivity contribution < 1.29 is 9.21 Å². The second-order valence-electron chi connectivity index (χ2n) is 4.95. The summed E-state index contributed by atoms with van der Waals surface area (Å²) in [5.74, 6) is 0.110. The van der Waals surface area contributed by atoms with Crippen molar-refractivity contribution in [2.45, 2.75) is 13.5 Å². The van der Waals surface area contributed by atoms with Crippen molar-refractivity contribution in [2.24, 2.45) is 0 Å². The van der Waals surface area contributed by atoms with Crippen LogP contribution >= 0.6 is 11.3 Å². The lowest BCUT2D eigenvalue weighted by atomic mass is 10.1. The number of likely N-dealkylation sites (N-methyl/N-ethyl adjacent to an activating group) is 1. The summed E-state index contributed by atoms with van der Waals surface area (Å²) in [6.07, 6.45) is 1.58. The predicted molar refractivity (Wildman–Crippen MR) is 85.8 cm³/mol. The molecule has 0 bridgehead atoms. The van der Waals surface area contributed by atoms with E-state index in [2.05, 4.69) is 23.3 Å². The molecule has 0 amide bonds. The summed E-state index contributed by atoms with van der Waals surface area (Å²) in [4.78, 5) is 15.9. The van der Waals surface area contributed by atoms with Crippen molar-refractivity contribution in [3.05, 3.63) is 58.5 Å². The number of ketones is 1. The Balaban J connectivity index is 1.75. The van der Waals surface area contributed by atoms with Crippen molar-refractivity contribution >= 4 is 28.1 Å². The van der Waals surface area contributed by atoms with Crippen LogP contribution in [0.1, 0.15) is 22.2 Å². The molecule has 108 valence electrons. The van der Waals surface area contributed by atoms with Gasteiger partial charge >= 0.3 is 0 Å². The van der Waals surface area contributed by atoms with Crippen molar-refractivity contribution in [3.8, 4) is 0 Å². The molecule has 0 saturated carbocycles. The number of Topliss-reactive ketones (excluding diaryl/α,β-unsaturated/α-hetero) is 1. The smallest absolute Gasteiger partial charge is 0.180 e. The molecule has 0 unspecified atom stereocenters. The summed E-state index contributed by atoms with van der Waals surface area (Å²) in [7, 11) is 0. The van der Waals surface area contributed by atoms with Gasteiger partial charge in [-0.2, -0.15) is 0 Å². The Bertz CT molecular complexity index is 730. The lowest BCUT2D eigenvalue weighted by molar-refractivity contribution is 0.0931. The third-order valence-corrected chi connectivity index (χ3v) is 4.42. The second kappa shape index (κ2) is 6.24. The molecule has 0 aliphatic carbocycles. The zero-order chi connectivity index (χ0) is 14.7. The van der Waals surface area contributed by atoms with E-state index in [0.29, 0.717) is 12.1 Å². The molecule has 3 aromatic rings. The maximum atomic E-state index is 12.5. The topological polar surface area (TPSA) is 33.5 Å². The van der Waals surface area contributed by atoms with Crippen LogP contribution in [0.25, 0.3) is 11.0 Å². The lowest BCUT2D eigenvalue weighted by Crippen LogP contribution is -2.29. The molecule has 0 N–H and O–H groups in total. The number of benzene rings is 1. The van der Waals surface area contributed by atoms with Gasteiger partial charge in [0.1, 0.15) is 11.8 Å².